The number of hydrogen-bond acceptors (Lipinski definition) is 1. The zero-order valence-electron chi connectivity index (χ0n) is 10.0. The fourth-order valence-corrected chi connectivity index (χ4v) is 2.47. The van der Waals surface area contributed by atoms with Gasteiger partial charge >= 0.3 is 5.97 Å². The summed E-state index contributed by atoms with van der Waals surface area (Å²) in [6.45, 7) is 0. The Bertz CT molecular complexity index is 596. The van der Waals surface area contributed by atoms with Gasteiger partial charge in [0.2, 0.25) is 0 Å². The van der Waals surface area contributed by atoms with Gasteiger partial charge in [0.1, 0.15) is 0 Å². The largest absolute Gasteiger partial charge is 0.481 e. The van der Waals surface area contributed by atoms with E-state index >= 15 is 0 Å². The Labute approximate surface area is 121 Å². The molecule has 0 radical (unpaired) electrons. The van der Waals surface area contributed by atoms with Gasteiger partial charge in [-0.05, 0) is 35.7 Å². The minimum atomic E-state index is -0.895. The van der Waals surface area contributed by atoms with Gasteiger partial charge < -0.3 is 5.11 Å². The number of carboxylic acids is 1. The number of benzene rings is 2. The minimum Gasteiger partial charge on any atom is -0.481 e. The molecule has 0 saturated carbocycles. The molecule has 19 heavy (non-hydrogen) atoms. The van der Waals surface area contributed by atoms with Crippen molar-refractivity contribution >= 4 is 29.2 Å². The Hall–Kier alpha value is -1.51. The predicted molar refractivity (Wildman–Crippen MR) is 77.0 cm³/mol. The highest BCUT2D eigenvalue weighted by molar-refractivity contribution is 6.31. The molecule has 1 atom stereocenters. The normalized spacial score (nSPS) is 12.1. The second kappa shape index (κ2) is 6.09. The van der Waals surface area contributed by atoms with Crippen molar-refractivity contribution in [2.24, 2.45) is 0 Å². The summed E-state index contributed by atoms with van der Waals surface area (Å²) in [7, 11) is 0. The molecule has 2 nitrogen and oxygen atoms in total. The lowest BCUT2D eigenvalue weighted by Gasteiger charge is -2.14. The minimum absolute atomic E-state index is 0.361. The number of carbonyl (C=O) groups is 1. The van der Waals surface area contributed by atoms with Gasteiger partial charge in [-0.2, -0.15) is 0 Å². The summed E-state index contributed by atoms with van der Waals surface area (Å²) in [5.41, 5.74) is 1.50. The Morgan fingerprint density at radius 2 is 1.84 bits per heavy atom. The van der Waals surface area contributed by atoms with Crippen molar-refractivity contribution in [3.05, 3.63) is 69.7 Å². The van der Waals surface area contributed by atoms with E-state index in [1.165, 1.54) is 0 Å². The number of carboxylic acid groups (broad SMARTS) is 1. The van der Waals surface area contributed by atoms with Crippen LogP contribution in [0.25, 0.3) is 0 Å². The van der Waals surface area contributed by atoms with Crippen molar-refractivity contribution in [3.63, 3.8) is 0 Å². The molecule has 2 rings (SSSR count). The summed E-state index contributed by atoms with van der Waals surface area (Å²) in [6, 6.07) is 14.2. The maximum atomic E-state index is 11.4. The van der Waals surface area contributed by atoms with Crippen LogP contribution in [0.15, 0.2) is 48.5 Å². The third-order valence-electron chi connectivity index (χ3n) is 2.91. The molecule has 0 aromatic heterocycles. The van der Waals surface area contributed by atoms with Gasteiger partial charge in [0.05, 0.1) is 5.92 Å². The van der Waals surface area contributed by atoms with Crippen LogP contribution in [0, 0.1) is 0 Å². The van der Waals surface area contributed by atoms with Gasteiger partial charge in [-0.15, -0.1) is 0 Å². The van der Waals surface area contributed by atoms with E-state index in [0.29, 0.717) is 22.0 Å². The third-order valence-corrected chi connectivity index (χ3v) is 3.49. The van der Waals surface area contributed by atoms with Crippen LogP contribution < -0.4 is 0 Å². The van der Waals surface area contributed by atoms with Gasteiger partial charge in [0, 0.05) is 10.0 Å². The van der Waals surface area contributed by atoms with E-state index < -0.39 is 11.9 Å². The molecule has 2 aromatic carbocycles. The second-order valence-electron chi connectivity index (χ2n) is 4.25. The fourth-order valence-electron chi connectivity index (χ4n) is 1.99. The summed E-state index contributed by atoms with van der Waals surface area (Å²) < 4.78 is 0. The standard InChI is InChI=1S/C15H12Cl2O2/c16-11-5-3-4-10(8-11)9-13(15(18)19)12-6-1-2-7-14(12)17/h1-8,13H,9H2,(H,18,19). The van der Waals surface area contributed by atoms with E-state index in [2.05, 4.69) is 0 Å². The van der Waals surface area contributed by atoms with Crippen LogP contribution in [0.5, 0.6) is 0 Å². The average molecular weight is 295 g/mol. The highest BCUT2D eigenvalue weighted by atomic mass is 35.5. The summed E-state index contributed by atoms with van der Waals surface area (Å²) in [4.78, 5) is 11.4. The average Bonchev–Trinajstić information content (AvgIpc) is 2.37. The Balaban J connectivity index is 2.32. The van der Waals surface area contributed by atoms with E-state index in [4.69, 9.17) is 23.2 Å². The number of halogens is 2. The summed E-state index contributed by atoms with van der Waals surface area (Å²) >= 11 is 12.0. The maximum Gasteiger partial charge on any atom is 0.311 e. The molecule has 0 saturated heterocycles. The van der Waals surface area contributed by atoms with Crippen molar-refractivity contribution in [2.75, 3.05) is 0 Å². The first-order valence-corrected chi connectivity index (χ1v) is 6.55. The molecule has 0 fully saturated rings. The Morgan fingerprint density at radius 3 is 2.47 bits per heavy atom. The first-order chi connectivity index (χ1) is 9.08. The molecule has 0 aliphatic carbocycles. The molecule has 4 heteroatoms. The van der Waals surface area contributed by atoms with Crippen LogP contribution in [-0.4, -0.2) is 11.1 Å². The number of rotatable bonds is 4. The van der Waals surface area contributed by atoms with E-state index in [1.807, 2.05) is 12.1 Å². The van der Waals surface area contributed by atoms with Crippen LogP contribution >= 0.6 is 23.2 Å². The first kappa shape index (κ1) is 13.9. The molecule has 0 aliphatic heterocycles. The summed E-state index contributed by atoms with van der Waals surface area (Å²) in [5.74, 6) is -1.57. The Morgan fingerprint density at radius 1 is 1.11 bits per heavy atom. The van der Waals surface area contributed by atoms with Crippen molar-refractivity contribution in [1.29, 1.82) is 0 Å². The molecular weight excluding hydrogens is 283 g/mol. The lowest BCUT2D eigenvalue weighted by atomic mass is 9.92. The number of aliphatic carboxylic acids is 1. The number of hydrogen-bond donors (Lipinski definition) is 1. The monoisotopic (exact) mass is 294 g/mol. The third kappa shape index (κ3) is 3.49. The van der Waals surface area contributed by atoms with Crippen molar-refractivity contribution in [1.82, 2.24) is 0 Å². The molecule has 1 N–H and O–H groups in total. The van der Waals surface area contributed by atoms with E-state index in [0.717, 1.165) is 5.56 Å². The zero-order valence-corrected chi connectivity index (χ0v) is 11.5. The molecule has 0 bridgehead atoms. The van der Waals surface area contributed by atoms with Gasteiger partial charge in [-0.25, -0.2) is 0 Å². The van der Waals surface area contributed by atoms with Gasteiger partial charge in [-0.3, -0.25) is 4.79 Å². The van der Waals surface area contributed by atoms with Gasteiger partial charge in [0.15, 0.2) is 0 Å². The fraction of sp³-hybridized carbons (Fsp3) is 0.133. The second-order valence-corrected chi connectivity index (χ2v) is 5.09. The van der Waals surface area contributed by atoms with Crippen molar-refractivity contribution in [2.45, 2.75) is 12.3 Å². The van der Waals surface area contributed by atoms with E-state index in [-0.39, 0.29) is 0 Å². The van der Waals surface area contributed by atoms with Crippen LogP contribution in [0.1, 0.15) is 17.0 Å². The van der Waals surface area contributed by atoms with Gasteiger partial charge in [-0.1, -0.05) is 53.5 Å². The molecule has 0 spiro atoms. The van der Waals surface area contributed by atoms with Gasteiger partial charge in [0.25, 0.3) is 0 Å². The van der Waals surface area contributed by atoms with Crippen LogP contribution in [0.3, 0.4) is 0 Å². The molecule has 2 aromatic rings. The highest BCUT2D eigenvalue weighted by Crippen LogP contribution is 2.28. The smallest absolute Gasteiger partial charge is 0.311 e. The zero-order chi connectivity index (χ0) is 13.8. The summed E-state index contributed by atoms with van der Waals surface area (Å²) in [6.07, 6.45) is 0.361. The predicted octanol–water partition coefficient (Wildman–Crippen LogP) is 4.40. The first-order valence-electron chi connectivity index (χ1n) is 5.79. The molecule has 1 unspecified atom stereocenters. The van der Waals surface area contributed by atoms with E-state index in [1.54, 1.807) is 36.4 Å². The van der Waals surface area contributed by atoms with E-state index in [9.17, 15) is 9.90 Å². The maximum absolute atomic E-state index is 11.4. The topological polar surface area (TPSA) is 37.3 Å². The Kier molecular flexibility index (Phi) is 4.46. The lowest BCUT2D eigenvalue weighted by Crippen LogP contribution is -2.14. The molecule has 98 valence electrons. The van der Waals surface area contributed by atoms with Crippen LogP contribution in [0.4, 0.5) is 0 Å². The van der Waals surface area contributed by atoms with Crippen molar-refractivity contribution < 1.29 is 9.90 Å². The van der Waals surface area contributed by atoms with Crippen LogP contribution in [0.2, 0.25) is 10.0 Å². The SMILES string of the molecule is O=C(O)C(Cc1cccc(Cl)c1)c1ccccc1Cl. The van der Waals surface area contributed by atoms with Crippen molar-refractivity contribution in [3.8, 4) is 0 Å². The quantitative estimate of drug-likeness (QED) is 0.907. The molecule has 0 heterocycles. The molecular formula is C15H12Cl2O2. The van der Waals surface area contributed by atoms with Crippen LogP contribution in [-0.2, 0) is 11.2 Å². The molecule has 0 aliphatic rings. The highest BCUT2D eigenvalue weighted by Gasteiger charge is 2.22. The summed E-state index contributed by atoms with van der Waals surface area (Å²) in [5, 5.41) is 10.5. The lowest BCUT2D eigenvalue weighted by molar-refractivity contribution is -0.138. The molecule has 0 amide bonds.